The average Bonchev–Trinajstić information content (AvgIpc) is 2.82. The Balaban J connectivity index is 2.44. The fourth-order valence-corrected chi connectivity index (χ4v) is 1.61. The minimum Gasteiger partial charge on any atom is -0.321 e. The van der Waals surface area contributed by atoms with Crippen LogP contribution in [-0.4, -0.2) is 9.78 Å². The molecule has 1 heterocycles. The first kappa shape index (κ1) is 10.4. The highest BCUT2D eigenvalue weighted by molar-refractivity contribution is 5.25. The quantitative estimate of drug-likeness (QED) is 0.745. The van der Waals surface area contributed by atoms with Crippen molar-refractivity contribution in [3.63, 3.8) is 0 Å². The van der Waals surface area contributed by atoms with Crippen LogP contribution in [0, 0.1) is 0 Å². The smallest absolute Gasteiger partial charge is 0.267 e. The SMILES string of the molecule is CC(C)(C)n1ncc(C2(N)CC2)cc1=O. The van der Waals surface area contributed by atoms with Crippen LogP contribution in [0.5, 0.6) is 0 Å². The molecule has 0 aliphatic heterocycles. The zero-order valence-corrected chi connectivity index (χ0v) is 9.45. The van der Waals surface area contributed by atoms with Crippen LogP contribution in [0.25, 0.3) is 0 Å². The van der Waals surface area contributed by atoms with Crippen LogP contribution in [-0.2, 0) is 11.1 Å². The van der Waals surface area contributed by atoms with E-state index in [0.29, 0.717) is 0 Å². The molecule has 0 saturated heterocycles. The molecule has 1 aliphatic rings. The van der Waals surface area contributed by atoms with E-state index in [-0.39, 0.29) is 16.6 Å². The zero-order valence-electron chi connectivity index (χ0n) is 9.45. The highest BCUT2D eigenvalue weighted by Gasteiger charge is 2.40. The third-order valence-corrected chi connectivity index (χ3v) is 2.80. The summed E-state index contributed by atoms with van der Waals surface area (Å²) in [5.41, 5.74) is 6.25. The van der Waals surface area contributed by atoms with E-state index in [2.05, 4.69) is 5.10 Å². The van der Waals surface area contributed by atoms with Gasteiger partial charge in [-0.3, -0.25) is 4.79 Å². The minimum absolute atomic E-state index is 0.0725. The summed E-state index contributed by atoms with van der Waals surface area (Å²) in [4.78, 5) is 11.8. The summed E-state index contributed by atoms with van der Waals surface area (Å²) in [6.07, 6.45) is 3.63. The summed E-state index contributed by atoms with van der Waals surface area (Å²) in [6, 6.07) is 1.62. The van der Waals surface area contributed by atoms with Crippen molar-refractivity contribution in [1.82, 2.24) is 9.78 Å². The van der Waals surface area contributed by atoms with Gasteiger partial charge in [0.2, 0.25) is 0 Å². The summed E-state index contributed by atoms with van der Waals surface area (Å²) in [7, 11) is 0. The zero-order chi connectivity index (χ0) is 11.3. The number of aromatic nitrogens is 2. The Bertz CT molecular complexity index is 438. The van der Waals surface area contributed by atoms with Gasteiger partial charge in [0.05, 0.1) is 11.7 Å². The highest BCUT2D eigenvalue weighted by Crippen LogP contribution is 2.41. The molecule has 1 fully saturated rings. The van der Waals surface area contributed by atoms with Crippen molar-refractivity contribution in [3.8, 4) is 0 Å². The number of nitrogens with zero attached hydrogens (tertiary/aromatic N) is 2. The van der Waals surface area contributed by atoms with E-state index < -0.39 is 0 Å². The van der Waals surface area contributed by atoms with Crippen LogP contribution in [0.1, 0.15) is 39.2 Å². The van der Waals surface area contributed by atoms with Gasteiger partial charge in [0.25, 0.3) is 5.56 Å². The Morgan fingerprint density at radius 1 is 1.47 bits per heavy atom. The molecule has 0 bridgehead atoms. The van der Waals surface area contributed by atoms with Gasteiger partial charge in [-0.1, -0.05) is 0 Å². The molecule has 0 aromatic carbocycles. The third kappa shape index (κ3) is 1.81. The largest absolute Gasteiger partial charge is 0.321 e. The maximum atomic E-state index is 11.8. The lowest BCUT2D eigenvalue weighted by Crippen LogP contribution is -2.36. The van der Waals surface area contributed by atoms with Gasteiger partial charge >= 0.3 is 0 Å². The lowest BCUT2D eigenvalue weighted by molar-refractivity contribution is 0.336. The number of nitrogens with two attached hydrogens (primary N) is 1. The number of hydrogen-bond acceptors (Lipinski definition) is 3. The first-order valence-electron chi connectivity index (χ1n) is 5.22. The molecule has 0 spiro atoms. The molecule has 82 valence electrons. The molecule has 0 amide bonds. The molecule has 2 N–H and O–H groups in total. The summed E-state index contributed by atoms with van der Waals surface area (Å²) in [6.45, 7) is 5.86. The summed E-state index contributed by atoms with van der Waals surface area (Å²) >= 11 is 0. The highest BCUT2D eigenvalue weighted by atomic mass is 16.1. The van der Waals surface area contributed by atoms with Crippen molar-refractivity contribution in [2.75, 3.05) is 0 Å². The van der Waals surface area contributed by atoms with E-state index in [9.17, 15) is 4.79 Å². The second-order valence-electron chi connectivity index (χ2n) is 5.32. The Morgan fingerprint density at radius 2 is 2.07 bits per heavy atom. The molecule has 1 aromatic heterocycles. The molecule has 15 heavy (non-hydrogen) atoms. The van der Waals surface area contributed by atoms with Crippen molar-refractivity contribution in [2.24, 2.45) is 5.73 Å². The van der Waals surface area contributed by atoms with E-state index in [1.807, 2.05) is 20.8 Å². The Labute approximate surface area is 89.1 Å². The first-order chi connectivity index (χ1) is 6.83. The normalized spacial score (nSPS) is 18.9. The first-order valence-corrected chi connectivity index (χ1v) is 5.22. The molecular formula is C11H17N3O. The molecule has 4 heteroatoms. The van der Waals surface area contributed by atoms with Crippen LogP contribution < -0.4 is 11.3 Å². The molecular weight excluding hydrogens is 190 g/mol. The van der Waals surface area contributed by atoms with Gasteiger partial charge < -0.3 is 5.73 Å². The fourth-order valence-electron chi connectivity index (χ4n) is 1.61. The molecule has 0 unspecified atom stereocenters. The maximum Gasteiger partial charge on any atom is 0.267 e. The standard InChI is InChI=1S/C11H17N3O/c1-10(2,3)14-9(15)6-8(7-13-14)11(12)4-5-11/h6-7H,4-5,12H2,1-3H3. The molecule has 0 atom stereocenters. The molecule has 0 radical (unpaired) electrons. The molecule has 2 rings (SSSR count). The second kappa shape index (κ2) is 2.92. The minimum atomic E-state index is -0.277. The van der Waals surface area contributed by atoms with Gasteiger partial charge in [0.15, 0.2) is 0 Å². The van der Waals surface area contributed by atoms with Crippen LogP contribution in [0.3, 0.4) is 0 Å². The lowest BCUT2D eigenvalue weighted by Gasteiger charge is -2.21. The van der Waals surface area contributed by atoms with Crippen LogP contribution in [0.15, 0.2) is 17.1 Å². The molecule has 1 aliphatic carbocycles. The molecule has 1 saturated carbocycles. The summed E-state index contributed by atoms with van der Waals surface area (Å²) < 4.78 is 1.49. The van der Waals surface area contributed by atoms with Crippen molar-refractivity contribution in [2.45, 2.75) is 44.7 Å². The van der Waals surface area contributed by atoms with Crippen molar-refractivity contribution in [1.29, 1.82) is 0 Å². The second-order valence-corrected chi connectivity index (χ2v) is 5.32. The van der Waals surface area contributed by atoms with Crippen molar-refractivity contribution >= 4 is 0 Å². The fraction of sp³-hybridized carbons (Fsp3) is 0.636. The monoisotopic (exact) mass is 207 g/mol. The predicted molar refractivity (Wildman–Crippen MR) is 58.6 cm³/mol. The van der Waals surface area contributed by atoms with Crippen LogP contribution >= 0.6 is 0 Å². The Kier molecular flexibility index (Phi) is 2.01. The van der Waals surface area contributed by atoms with Gasteiger partial charge in [-0.2, -0.15) is 5.10 Å². The average molecular weight is 207 g/mol. The molecule has 1 aromatic rings. The molecule has 4 nitrogen and oxygen atoms in total. The van der Waals surface area contributed by atoms with E-state index in [1.54, 1.807) is 12.3 Å². The summed E-state index contributed by atoms with van der Waals surface area (Å²) in [5.74, 6) is 0. The Hall–Kier alpha value is -1.16. The van der Waals surface area contributed by atoms with Gasteiger partial charge in [-0.25, -0.2) is 4.68 Å². The van der Waals surface area contributed by atoms with E-state index >= 15 is 0 Å². The van der Waals surface area contributed by atoms with Gasteiger partial charge in [-0.05, 0) is 39.2 Å². The van der Waals surface area contributed by atoms with Gasteiger partial charge in [0, 0.05) is 11.6 Å². The predicted octanol–water partition coefficient (Wildman–Crippen LogP) is 0.946. The maximum absolute atomic E-state index is 11.8. The topological polar surface area (TPSA) is 60.9 Å². The van der Waals surface area contributed by atoms with E-state index in [1.165, 1.54) is 4.68 Å². The third-order valence-electron chi connectivity index (χ3n) is 2.80. The van der Waals surface area contributed by atoms with E-state index in [0.717, 1.165) is 18.4 Å². The number of rotatable bonds is 1. The van der Waals surface area contributed by atoms with Crippen molar-refractivity contribution in [3.05, 3.63) is 28.2 Å². The van der Waals surface area contributed by atoms with Crippen LogP contribution in [0.2, 0.25) is 0 Å². The van der Waals surface area contributed by atoms with Gasteiger partial charge in [-0.15, -0.1) is 0 Å². The van der Waals surface area contributed by atoms with E-state index in [4.69, 9.17) is 5.73 Å². The lowest BCUT2D eigenvalue weighted by atomic mass is 10.1. The van der Waals surface area contributed by atoms with Gasteiger partial charge in [0.1, 0.15) is 0 Å². The summed E-state index contributed by atoms with van der Waals surface area (Å²) in [5, 5.41) is 4.18. The Morgan fingerprint density at radius 3 is 2.47 bits per heavy atom. The van der Waals surface area contributed by atoms with Crippen LogP contribution in [0.4, 0.5) is 0 Å². The van der Waals surface area contributed by atoms with Crippen molar-refractivity contribution < 1.29 is 0 Å². The number of hydrogen-bond donors (Lipinski definition) is 1.